The molecule has 2 N–H and O–H groups in total. The van der Waals surface area contributed by atoms with Crippen LogP contribution in [0.1, 0.15) is 60.5 Å². The molecular formula is C23H28N6O3S. The number of ether oxygens (including phenoxy) is 1. The molecule has 33 heavy (non-hydrogen) atoms. The summed E-state index contributed by atoms with van der Waals surface area (Å²) in [5.41, 5.74) is 2.76. The van der Waals surface area contributed by atoms with Gasteiger partial charge in [0.2, 0.25) is 5.91 Å². The predicted octanol–water partition coefficient (Wildman–Crippen LogP) is 3.28. The Kier molecular flexibility index (Phi) is 5.44. The maximum atomic E-state index is 13.3. The number of thioether (sulfide) groups is 1. The third-order valence-corrected chi connectivity index (χ3v) is 7.61. The van der Waals surface area contributed by atoms with Crippen molar-refractivity contribution in [3.05, 3.63) is 57.3 Å². The molecule has 5 heterocycles. The lowest BCUT2D eigenvalue weighted by Crippen LogP contribution is -2.36. The number of aromatic nitrogens is 5. The average molecular weight is 469 g/mol. The van der Waals surface area contributed by atoms with Gasteiger partial charge >= 0.3 is 0 Å². The molecular weight excluding hydrogens is 440 g/mol. The predicted molar refractivity (Wildman–Crippen MR) is 127 cm³/mol. The van der Waals surface area contributed by atoms with E-state index in [1.165, 1.54) is 11.8 Å². The van der Waals surface area contributed by atoms with Crippen LogP contribution in [-0.4, -0.2) is 48.4 Å². The second-order valence-corrected chi connectivity index (χ2v) is 10.3. The van der Waals surface area contributed by atoms with Crippen LogP contribution in [0.4, 0.5) is 5.82 Å². The maximum absolute atomic E-state index is 13.3. The largest absolute Gasteiger partial charge is 0.375 e. The van der Waals surface area contributed by atoms with Crippen LogP contribution in [0.5, 0.6) is 0 Å². The van der Waals surface area contributed by atoms with Crippen molar-refractivity contribution in [2.24, 2.45) is 0 Å². The van der Waals surface area contributed by atoms with Crippen molar-refractivity contribution < 1.29 is 9.53 Å². The first-order valence-electron chi connectivity index (χ1n) is 11.1. The Morgan fingerprint density at radius 1 is 1.21 bits per heavy atom. The molecule has 0 radical (unpaired) electrons. The van der Waals surface area contributed by atoms with Gasteiger partial charge < -0.3 is 10.1 Å². The van der Waals surface area contributed by atoms with Crippen LogP contribution >= 0.6 is 11.8 Å². The van der Waals surface area contributed by atoms with Gasteiger partial charge in [-0.2, -0.15) is 5.10 Å². The number of nitrogens with zero attached hydrogens (tertiary/aromatic N) is 4. The van der Waals surface area contributed by atoms with Gasteiger partial charge in [0.1, 0.15) is 5.82 Å². The van der Waals surface area contributed by atoms with Gasteiger partial charge in [-0.05, 0) is 52.7 Å². The number of aryl methyl sites for hydroxylation is 1. The Balaban J connectivity index is 1.63. The minimum absolute atomic E-state index is 0.0349. The molecule has 2 aliphatic rings. The van der Waals surface area contributed by atoms with Crippen molar-refractivity contribution in [1.82, 2.24) is 24.5 Å². The second kappa shape index (κ2) is 8.18. The minimum atomic E-state index is -0.325. The van der Waals surface area contributed by atoms with Crippen LogP contribution in [0, 0.1) is 13.8 Å². The van der Waals surface area contributed by atoms with Gasteiger partial charge in [-0.1, -0.05) is 6.07 Å². The highest BCUT2D eigenvalue weighted by molar-refractivity contribution is 8.00. The van der Waals surface area contributed by atoms with Gasteiger partial charge in [-0.25, -0.2) is 9.67 Å². The maximum Gasteiger partial charge on any atom is 0.270 e. The summed E-state index contributed by atoms with van der Waals surface area (Å²) >= 11 is 1.45. The Labute approximate surface area is 195 Å². The van der Waals surface area contributed by atoms with E-state index in [0.717, 1.165) is 29.8 Å². The molecule has 1 amide bonds. The van der Waals surface area contributed by atoms with E-state index in [1.54, 1.807) is 10.9 Å². The monoisotopic (exact) mass is 468 g/mol. The van der Waals surface area contributed by atoms with Gasteiger partial charge in [0.25, 0.3) is 5.56 Å². The van der Waals surface area contributed by atoms with Gasteiger partial charge in [0.05, 0.1) is 33.9 Å². The fraction of sp³-hybridized carbons (Fsp3) is 0.478. The molecule has 1 fully saturated rings. The van der Waals surface area contributed by atoms with E-state index >= 15 is 0 Å². The first-order valence-corrected chi connectivity index (χ1v) is 12.2. The molecule has 2 atom stereocenters. The summed E-state index contributed by atoms with van der Waals surface area (Å²) in [7, 11) is 0. The quantitative estimate of drug-likeness (QED) is 0.611. The number of fused-ring (bicyclic) bond motifs is 1. The fourth-order valence-corrected chi connectivity index (χ4v) is 6.19. The Morgan fingerprint density at radius 2 is 2.03 bits per heavy atom. The zero-order valence-electron chi connectivity index (χ0n) is 19.2. The molecule has 0 unspecified atom stereocenters. The lowest BCUT2D eigenvalue weighted by molar-refractivity contribution is -0.113. The van der Waals surface area contributed by atoms with Crippen molar-refractivity contribution in [2.75, 3.05) is 17.7 Å². The van der Waals surface area contributed by atoms with E-state index in [-0.39, 0.29) is 34.1 Å². The van der Waals surface area contributed by atoms with Crippen molar-refractivity contribution in [3.8, 4) is 5.82 Å². The topological polar surface area (TPSA) is 107 Å². The lowest BCUT2D eigenvalue weighted by Gasteiger charge is -2.36. The first kappa shape index (κ1) is 22.0. The summed E-state index contributed by atoms with van der Waals surface area (Å²) in [4.78, 5) is 30.4. The summed E-state index contributed by atoms with van der Waals surface area (Å²) in [5.74, 6) is 1.42. The average Bonchev–Trinajstić information content (AvgIpc) is 3.18. The van der Waals surface area contributed by atoms with Crippen molar-refractivity contribution in [2.45, 2.75) is 57.4 Å². The highest BCUT2D eigenvalue weighted by Gasteiger charge is 2.37. The number of hydrogen-bond donors (Lipinski definition) is 2. The number of hydrogen-bond acceptors (Lipinski definition) is 6. The zero-order valence-corrected chi connectivity index (χ0v) is 20.0. The van der Waals surface area contributed by atoms with E-state index in [9.17, 15) is 9.59 Å². The highest BCUT2D eigenvalue weighted by Crippen LogP contribution is 2.44. The number of anilines is 1. The van der Waals surface area contributed by atoms with E-state index in [0.29, 0.717) is 23.8 Å². The molecule has 3 aromatic heterocycles. The number of amides is 1. The summed E-state index contributed by atoms with van der Waals surface area (Å²) in [6.45, 7) is 8.63. The van der Waals surface area contributed by atoms with Crippen molar-refractivity contribution in [1.29, 1.82) is 0 Å². The normalized spacial score (nSPS) is 22.5. The SMILES string of the molecule is Cc1nn(-c2ccccn2)c(C)c1[C@@H]1SCC(=O)Nc2c1c(=O)[nH]n2[C@@H]1CCOC(C)(C)C1. The molecule has 0 saturated carbocycles. The van der Waals surface area contributed by atoms with E-state index in [1.807, 2.05) is 36.7 Å². The number of H-pyrrole nitrogens is 1. The van der Waals surface area contributed by atoms with E-state index in [4.69, 9.17) is 9.84 Å². The molecule has 0 aromatic carbocycles. The summed E-state index contributed by atoms with van der Waals surface area (Å²) in [6.07, 6.45) is 3.24. The lowest BCUT2D eigenvalue weighted by atomic mass is 9.94. The molecule has 1 saturated heterocycles. The Morgan fingerprint density at radius 3 is 2.76 bits per heavy atom. The molecule has 10 heteroatoms. The van der Waals surface area contributed by atoms with Gasteiger partial charge in [0.15, 0.2) is 5.82 Å². The van der Waals surface area contributed by atoms with Crippen LogP contribution in [0.3, 0.4) is 0 Å². The fourth-order valence-electron chi connectivity index (χ4n) is 4.90. The standard InChI is InChI=1S/C23H28N6O3S/c1-13-18(14(2)28(26-13)16-7-5-6-9-24-16)20-19-21(25-17(30)12-33-20)29(27-22(19)31)15-8-10-32-23(3,4)11-15/h5-7,9,15,20H,8,10-12H2,1-4H3,(H,25,30)(H,27,31)/t15-,20+/m1/s1. The van der Waals surface area contributed by atoms with Gasteiger partial charge in [0, 0.05) is 24.1 Å². The van der Waals surface area contributed by atoms with E-state index in [2.05, 4.69) is 29.2 Å². The minimum Gasteiger partial charge on any atom is -0.375 e. The van der Waals surface area contributed by atoms with Crippen molar-refractivity contribution >= 4 is 23.5 Å². The molecule has 174 valence electrons. The molecule has 9 nitrogen and oxygen atoms in total. The van der Waals surface area contributed by atoms with Gasteiger partial charge in [-0.15, -0.1) is 11.8 Å². The molecule has 5 rings (SSSR count). The number of nitrogens with one attached hydrogen (secondary N) is 2. The summed E-state index contributed by atoms with van der Waals surface area (Å²) < 4.78 is 9.52. The number of carbonyl (C=O) groups excluding carboxylic acids is 1. The smallest absolute Gasteiger partial charge is 0.270 e. The van der Waals surface area contributed by atoms with Crippen LogP contribution in [-0.2, 0) is 9.53 Å². The van der Waals surface area contributed by atoms with Crippen LogP contribution in [0.15, 0.2) is 29.2 Å². The number of pyridine rings is 1. The van der Waals surface area contributed by atoms with Crippen LogP contribution < -0.4 is 10.9 Å². The van der Waals surface area contributed by atoms with Gasteiger partial charge in [-0.3, -0.25) is 19.4 Å². The molecule has 0 spiro atoms. The van der Waals surface area contributed by atoms with E-state index < -0.39 is 0 Å². The molecule has 0 aliphatic carbocycles. The first-order chi connectivity index (χ1) is 15.7. The van der Waals surface area contributed by atoms with Crippen LogP contribution in [0.25, 0.3) is 5.82 Å². The Hall–Kier alpha value is -2.85. The number of carbonyl (C=O) groups is 1. The third kappa shape index (κ3) is 3.91. The zero-order chi connectivity index (χ0) is 23.3. The summed E-state index contributed by atoms with van der Waals surface area (Å²) in [5, 5.41) is 10.4. The van der Waals surface area contributed by atoms with Crippen molar-refractivity contribution in [3.63, 3.8) is 0 Å². The second-order valence-electron chi connectivity index (χ2n) is 9.25. The molecule has 2 aliphatic heterocycles. The molecule has 0 bridgehead atoms. The number of rotatable bonds is 3. The summed E-state index contributed by atoms with van der Waals surface area (Å²) in [6, 6.07) is 5.71. The number of aromatic amines is 1. The third-order valence-electron chi connectivity index (χ3n) is 6.38. The van der Waals surface area contributed by atoms with Crippen LogP contribution in [0.2, 0.25) is 0 Å². The highest BCUT2D eigenvalue weighted by atomic mass is 32.2. The molecule has 3 aromatic rings. The Bertz CT molecular complexity index is 1260.